The molecule has 0 aromatic carbocycles. The third-order valence-electron chi connectivity index (χ3n) is 4.03. The van der Waals surface area contributed by atoms with E-state index in [-0.39, 0.29) is 12.0 Å². The highest BCUT2D eigenvalue weighted by Crippen LogP contribution is 2.49. The number of nitrogens with one attached hydrogen (secondary N) is 1. The average Bonchev–Trinajstić information content (AvgIpc) is 2.86. The molecule has 1 unspecified atom stereocenters. The standard InChI is InChI=1S/C13H23N3O/c14-6-5-13(3-4-13)11-16(8-9-17)10-12-2-1-7-15-12/h12,15,17H,1-5,7-11H2. The summed E-state index contributed by atoms with van der Waals surface area (Å²) in [7, 11) is 0. The Bertz CT molecular complexity index is 277. The van der Waals surface area contributed by atoms with Gasteiger partial charge in [0.2, 0.25) is 0 Å². The molecule has 0 bridgehead atoms. The van der Waals surface area contributed by atoms with Gasteiger partial charge in [-0.2, -0.15) is 5.26 Å². The van der Waals surface area contributed by atoms with Gasteiger partial charge in [0.25, 0.3) is 0 Å². The number of nitrogens with zero attached hydrogens (tertiary/aromatic N) is 2. The van der Waals surface area contributed by atoms with E-state index in [9.17, 15) is 0 Å². The van der Waals surface area contributed by atoms with Gasteiger partial charge in [-0.25, -0.2) is 0 Å². The number of aliphatic hydroxyl groups is 1. The van der Waals surface area contributed by atoms with E-state index in [4.69, 9.17) is 10.4 Å². The van der Waals surface area contributed by atoms with Crippen molar-refractivity contribution in [3.8, 4) is 6.07 Å². The van der Waals surface area contributed by atoms with Crippen LogP contribution in [0.15, 0.2) is 0 Å². The topological polar surface area (TPSA) is 59.3 Å². The van der Waals surface area contributed by atoms with Crippen LogP contribution in [0, 0.1) is 16.7 Å². The lowest BCUT2D eigenvalue weighted by Crippen LogP contribution is -2.41. The summed E-state index contributed by atoms with van der Waals surface area (Å²) < 4.78 is 0. The summed E-state index contributed by atoms with van der Waals surface area (Å²) in [5.74, 6) is 0. The number of nitriles is 1. The van der Waals surface area contributed by atoms with Crippen LogP contribution in [-0.4, -0.2) is 48.8 Å². The molecule has 96 valence electrons. The zero-order valence-corrected chi connectivity index (χ0v) is 10.5. The lowest BCUT2D eigenvalue weighted by molar-refractivity contribution is 0.159. The van der Waals surface area contributed by atoms with Crippen molar-refractivity contribution < 1.29 is 5.11 Å². The Labute approximate surface area is 104 Å². The van der Waals surface area contributed by atoms with Gasteiger partial charge in [0, 0.05) is 32.1 Å². The van der Waals surface area contributed by atoms with Gasteiger partial charge in [-0.05, 0) is 37.6 Å². The van der Waals surface area contributed by atoms with Crippen LogP contribution in [0.1, 0.15) is 32.1 Å². The molecule has 1 saturated carbocycles. The maximum Gasteiger partial charge on any atom is 0.0628 e. The summed E-state index contributed by atoms with van der Waals surface area (Å²) in [6.07, 6.45) is 5.54. The van der Waals surface area contributed by atoms with Crippen LogP contribution >= 0.6 is 0 Å². The van der Waals surface area contributed by atoms with E-state index in [1.807, 2.05) is 0 Å². The van der Waals surface area contributed by atoms with E-state index in [2.05, 4.69) is 16.3 Å². The first kappa shape index (κ1) is 12.8. The van der Waals surface area contributed by atoms with Crippen LogP contribution in [-0.2, 0) is 0 Å². The van der Waals surface area contributed by atoms with E-state index in [0.717, 1.165) is 26.2 Å². The highest BCUT2D eigenvalue weighted by molar-refractivity contribution is 5.01. The van der Waals surface area contributed by atoms with Crippen LogP contribution in [0.3, 0.4) is 0 Å². The quantitative estimate of drug-likeness (QED) is 0.685. The number of hydrogen-bond donors (Lipinski definition) is 2. The van der Waals surface area contributed by atoms with Gasteiger partial charge in [0.1, 0.15) is 0 Å². The summed E-state index contributed by atoms with van der Waals surface area (Å²) >= 11 is 0. The molecule has 0 aromatic heterocycles. The minimum atomic E-state index is 0.218. The van der Waals surface area contributed by atoms with Crippen molar-refractivity contribution in [2.75, 3.05) is 32.8 Å². The van der Waals surface area contributed by atoms with E-state index in [0.29, 0.717) is 12.5 Å². The Morgan fingerprint density at radius 3 is 2.82 bits per heavy atom. The minimum Gasteiger partial charge on any atom is -0.395 e. The molecule has 1 atom stereocenters. The van der Waals surface area contributed by atoms with Crippen molar-refractivity contribution in [3.63, 3.8) is 0 Å². The van der Waals surface area contributed by atoms with E-state index >= 15 is 0 Å². The summed E-state index contributed by atoms with van der Waals surface area (Å²) in [5.41, 5.74) is 0.253. The molecule has 0 spiro atoms. The fourth-order valence-electron chi connectivity index (χ4n) is 2.81. The van der Waals surface area contributed by atoms with E-state index < -0.39 is 0 Å². The molecule has 1 heterocycles. The van der Waals surface area contributed by atoms with Crippen LogP contribution < -0.4 is 5.32 Å². The molecule has 1 aliphatic heterocycles. The molecular formula is C13H23N3O. The van der Waals surface area contributed by atoms with Crippen LogP contribution in [0.5, 0.6) is 0 Å². The molecule has 0 radical (unpaired) electrons. The second-order valence-electron chi connectivity index (χ2n) is 5.59. The molecule has 17 heavy (non-hydrogen) atoms. The Morgan fingerprint density at radius 1 is 1.47 bits per heavy atom. The fraction of sp³-hybridized carbons (Fsp3) is 0.923. The summed E-state index contributed by atoms with van der Waals surface area (Å²) in [6, 6.07) is 2.89. The first-order chi connectivity index (χ1) is 8.28. The highest BCUT2D eigenvalue weighted by atomic mass is 16.3. The average molecular weight is 237 g/mol. The van der Waals surface area contributed by atoms with Gasteiger partial charge >= 0.3 is 0 Å². The lowest BCUT2D eigenvalue weighted by Gasteiger charge is -2.28. The molecular weight excluding hydrogens is 214 g/mol. The van der Waals surface area contributed by atoms with Crippen molar-refractivity contribution in [2.24, 2.45) is 5.41 Å². The minimum absolute atomic E-state index is 0.218. The zero-order chi connectivity index (χ0) is 12.1. The fourth-order valence-corrected chi connectivity index (χ4v) is 2.81. The van der Waals surface area contributed by atoms with Crippen molar-refractivity contribution in [1.82, 2.24) is 10.2 Å². The summed E-state index contributed by atoms with van der Waals surface area (Å²) in [5, 5.41) is 21.5. The molecule has 4 heteroatoms. The molecule has 4 nitrogen and oxygen atoms in total. The van der Waals surface area contributed by atoms with Gasteiger partial charge in [-0.15, -0.1) is 0 Å². The maximum atomic E-state index is 9.13. The first-order valence-electron chi connectivity index (χ1n) is 6.72. The second kappa shape index (κ2) is 5.81. The van der Waals surface area contributed by atoms with Gasteiger partial charge in [-0.1, -0.05) is 0 Å². The van der Waals surface area contributed by atoms with Gasteiger partial charge in [-0.3, -0.25) is 4.90 Å². The Morgan fingerprint density at radius 2 is 2.29 bits per heavy atom. The summed E-state index contributed by atoms with van der Waals surface area (Å²) in [6.45, 7) is 4.09. The highest BCUT2D eigenvalue weighted by Gasteiger charge is 2.43. The largest absolute Gasteiger partial charge is 0.395 e. The van der Waals surface area contributed by atoms with Crippen LogP contribution in [0.2, 0.25) is 0 Å². The third kappa shape index (κ3) is 3.67. The van der Waals surface area contributed by atoms with Crippen LogP contribution in [0.4, 0.5) is 0 Å². The zero-order valence-electron chi connectivity index (χ0n) is 10.5. The van der Waals surface area contributed by atoms with Crippen molar-refractivity contribution in [1.29, 1.82) is 5.26 Å². The predicted molar refractivity (Wildman–Crippen MR) is 66.4 cm³/mol. The summed E-state index contributed by atoms with van der Waals surface area (Å²) in [4.78, 5) is 2.34. The molecule has 0 aromatic rings. The first-order valence-corrected chi connectivity index (χ1v) is 6.72. The molecule has 2 N–H and O–H groups in total. The Hall–Kier alpha value is -0.630. The molecule has 1 aliphatic carbocycles. The molecule has 0 amide bonds. The van der Waals surface area contributed by atoms with Crippen molar-refractivity contribution in [3.05, 3.63) is 0 Å². The van der Waals surface area contributed by atoms with Crippen LogP contribution in [0.25, 0.3) is 0 Å². The lowest BCUT2D eigenvalue weighted by atomic mass is 10.0. The predicted octanol–water partition coefficient (Wildman–Crippen LogP) is 0.727. The van der Waals surface area contributed by atoms with Gasteiger partial charge in [0.15, 0.2) is 0 Å². The molecule has 2 fully saturated rings. The van der Waals surface area contributed by atoms with E-state index in [1.165, 1.54) is 25.7 Å². The van der Waals surface area contributed by atoms with Gasteiger partial charge in [0.05, 0.1) is 12.7 Å². The molecule has 2 aliphatic rings. The SMILES string of the molecule is N#CCC1(CN(CCO)CC2CCCN2)CC1. The van der Waals surface area contributed by atoms with Crippen molar-refractivity contribution in [2.45, 2.75) is 38.1 Å². The number of rotatable bonds is 7. The Kier molecular flexibility index (Phi) is 4.38. The molecule has 1 saturated heterocycles. The van der Waals surface area contributed by atoms with Crippen molar-refractivity contribution >= 4 is 0 Å². The number of aliphatic hydroxyl groups excluding tert-OH is 1. The second-order valence-corrected chi connectivity index (χ2v) is 5.59. The maximum absolute atomic E-state index is 9.13. The van der Waals surface area contributed by atoms with Gasteiger partial charge < -0.3 is 10.4 Å². The molecule has 2 rings (SSSR count). The normalized spacial score (nSPS) is 26.1. The van der Waals surface area contributed by atoms with E-state index in [1.54, 1.807) is 0 Å². The number of hydrogen-bond acceptors (Lipinski definition) is 4. The third-order valence-corrected chi connectivity index (χ3v) is 4.03. The Balaban J connectivity index is 1.81. The smallest absolute Gasteiger partial charge is 0.0628 e. The monoisotopic (exact) mass is 237 g/mol.